The summed E-state index contributed by atoms with van der Waals surface area (Å²) in [6.45, 7) is 1.66. The molecule has 0 bridgehead atoms. The summed E-state index contributed by atoms with van der Waals surface area (Å²) in [4.78, 5) is 48.6. The van der Waals surface area contributed by atoms with E-state index < -0.39 is 62.0 Å². The number of hydrogen-bond acceptors (Lipinski definition) is 10. The van der Waals surface area contributed by atoms with Crippen molar-refractivity contribution >= 4 is 55.0 Å². The van der Waals surface area contributed by atoms with Crippen LogP contribution in [0.5, 0.6) is 10.9 Å². The zero-order valence-corrected chi connectivity index (χ0v) is 30.2. The molecule has 51 heavy (non-hydrogen) atoms. The van der Waals surface area contributed by atoms with Gasteiger partial charge in [0.2, 0.25) is 21.8 Å². The zero-order chi connectivity index (χ0) is 36.0. The number of aromatic nitrogens is 1. The van der Waals surface area contributed by atoms with E-state index in [1.165, 1.54) is 28.4 Å². The summed E-state index contributed by atoms with van der Waals surface area (Å²) in [6.07, 6.45) is 8.17. The Bertz CT molecular complexity index is 1980. The highest BCUT2D eigenvalue weighted by Gasteiger charge is 2.63. The second-order valence-corrected chi connectivity index (χ2v) is 17.4. The van der Waals surface area contributed by atoms with Crippen molar-refractivity contribution in [3.63, 3.8) is 0 Å². The lowest BCUT2D eigenvalue weighted by Crippen LogP contribution is -2.58. The van der Waals surface area contributed by atoms with Crippen LogP contribution in [0.3, 0.4) is 0 Å². The lowest BCUT2D eigenvalue weighted by atomic mass is 10.0. The molecule has 3 heterocycles. The summed E-state index contributed by atoms with van der Waals surface area (Å²) in [6, 6.07) is 9.82. The Morgan fingerprint density at radius 1 is 1.14 bits per heavy atom. The van der Waals surface area contributed by atoms with Crippen molar-refractivity contribution in [1.82, 2.24) is 19.9 Å². The average molecular weight is 740 g/mol. The Labute approximate surface area is 300 Å². The van der Waals surface area contributed by atoms with Gasteiger partial charge in [-0.15, -0.1) is 0 Å². The van der Waals surface area contributed by atoms with E-state index in [0.29, 0.717) is 40.9 Å². The maximum Gasteiger partial charge on any atom is 0.274 e. The van der Waals surface area contributed by atoms with Gasteiger partial charge in [0, 0.05) is 24.1 Å². The molecule has 2 aromatic carbocycles. The number of ether oxygens (including phenoxy) is 2. The minimum Gasteiger partial charge on any atom is -0.497 e. The topological polar surface area (TPSA) is 156 Å². The molecule has 272 valence electrons. The molecule has 1 saturated heterocycles. The Morgan fingerprint density at radius 2 is 1.96 bits per heavy atom. The second-order valence-electron chi connectivity index (χ2n) is 14.2. The number of hydrogen-bond donors (Lipinski definition) is 3. The maximum absolute atomic E-state index is 14.5. The molecule has 0 unspecified atom stereocenters. The maximum atomic E-state index is 14.5. The molecule has 0 spiro atoms. The SMILES string of the molecule is COc1cccc(N[C@H]2CCCCCC=C[C@@H]3C[C@@]3(C(=O)NS(=O)(=O)C3(C)CC3)NC(=O)[C@@H]3C[C@@H](Oc4nc5ccc(F)cc5s4)CN3C2=O)c1. The van der Waals surface area contributed by atoms with E-state index in [9.17, 15) is 27.2 Å². The summed E-state index contributed by atoms with van der Waals surface area (Å²) in [5.74, 6) is -1.83. The third-order valence-corrected chi connectivity index (χ3v) is 13.6. The van der Waals surface area contributed by atoms with E-state index in [1.54, 1.807) is 26.2 Å². The summed E-state index contributed by atoms with van der Waals surface area (Å²) < 4.78 is 53.6. The molecule has 2 aliphatic carbocycles. The van der Waals surface area contributed by atoms with Crippen molar-refractivity contribution in [2.45, 2.75) is 93.2 Å². The van der Waals surface area contributed by atoms with E-state index in [0.717, 1.165) is 25.7 Å². The Hall–Kier alpha value is -4.24. The van der Waals surface area contributed by atoms with E-state index >= 15 is 0 Å². The number of nitrogens with one attached hydrogen (secondary N) is 3. The third-order valence-electron chi connectivity index (χ3n) is 10.5. The van der Waals surface area contributed by atoms with Gasteiger partial charge in [-0.3, -0.25) is 19.1 Å². The molecule has 3 fully saturated rings. The number of thiazole rings is 1. The number of amides is 3. The molecule has 1 aromatic heterocycles. The van der Waals surface area contributed by atoms with Gasteiger partial charge in [-0.25, -0.2) is 17.8 Å². The number of benzene rings is 2. The van der Waals surface area contributed by atoms with Gasteiger partial charge in [0.15, 0.2) is 0 Å². The van der Waals surface area contributed by atoms with Crippen LogP contribution in [0.2, 0.25) is 0 Å². The molecule has 2 aliphatic heterocycles. The predicted octanol–water partition coefficient (Wildman–Crippen LogP) is 4.67. The lowest BCUT2D eigenvalue weighted by molar-refractivity contribution is -0.140. The number of carbonyl (C=O) groups is 3. The van der Waals surface area contributed by atoms with Crippen LogP contribution < -0.4 is 24.8 Å². The lowest BCUT2D eigenvalue weighted by Gasteiger charge is -2.30. The zero-order valence-electron chi connectivity index (χ0n) is 28.5. The number of sulfonamides is 1. The van der Waals surface area contributed by atoms with Gasteiger partial charge in [-0.05, 0) is 75.8 Å². The van der Waals surface area contributed by atoms with Crippen molar-refractivity contribution in [3.8, 4) is 10.9 Å². The number of rotatable bonds is 8. The van der Waals surface area contributed by atoms with Crippen molar-refractivity contribution < 1.29 is 36.7 Å². The van der Waals surface area contributed by atoms with Gasteiger partial charge in [0.1, 0.15) is 35.3 Å². The number of anilines is 1. The van der Waals surface area contributed by atoms with Crippen molar-refractivity contribution in [2.75, 3.05) is 19.0 Å². The molecule has 4 aliphatic rings. The van der Waals surface area contributed by atoms with Crippen LogP contribution >= 0.6 is 11.3 Å². The Balaban J connectivity index is 1.19. The number of fused-ring (bicyclic) bond motifs is 3. The minimum atomic E-state index is -3.96. The molecule has 3 N–H and O–H groups in total. The van der Waals surface area contributed by atoms with Gasteiger partial charge in [0.05, 0.1) is 28.6 Å². The molecular formula is C36H42FN5O7S2. The van der Waals surface area contributed by atoms with Crippen LogP contribution in [0.25, 0.3) is 10.2 Å². The molecule has 15 heteroatoms. The summed E-state index contributed by atoms with van der Waals surface area (Å²) in [5, 5.41) is 6.56. The van der Waals surface area contributed by atoms with Crippen LogP contribution in [-0.4, -0.2) is 78.2 Å². The Morgan fingerprint density at radius 3 is 2.75 bits per heavy atom. The first-order chi connectivity index (χ1) is 24.4. The molecule has 2 saturated carbocycles. The van der Waals surface area contributed by atoms with E-state index in [2.05, 4.69) is 20.3 Å². The normalized spacial score (nSPS) is 27.7. The second kappa shape index (κ2) is 13.7. The molecular weight excluding hydrogens is 698 g/mol. The number of allylic oxidation sites excluding steroid dienone is 1. The number of methoxy groups -OCH3 is 1. The minimum absolute atomic E-state index is 0.0623. The highest BCUT2D eigenvalue weighted by atomic mass is 32.2. The third kappa shape index (κ3) is 7.27. The van der Waals surface area contributed by atoms with Crippen molar-refractivity contribution in [2.24, 2.45) is 5.92 Å². The first-order valence-corrected chi connectivity index (χ1v) is 19.7. The number of nitrogens with zero attached hydrogens (tertiary/aromatic N) is 2. The summed E-state index contributed by atoms with van der Waals surface area (Å²) >= 11 is 1.17. The summed E-state index contributed by atoms with van der Waals surface area (Å²) in [5.41, 5.74) is -0.226. The van der Waals surface area contributed by atoms with Crippen molar-refractivity contribution in [3.05, 3.63) is 60.4 Å². The van der Waals surface area contributed by atoms with Crippen LogP contribution in [-0.2, 0) is 24.4 Å². The molecule has 7 rings (SSSR count). The van der Waals surface area contributed by atoms with Crippen LogP contribution in [0, 0.1) is 11.7 Å². The van der Waals surface area contributed by atoms with E-state index in [-0.39, 0.29) is 30.5 Å². The molecule has 3 aromatic rings. The Kier molecular flexibility index (Phi) is 9.46. The molecule has 3 amide bonds. The average Bonchev–Trinajstić information content (AvgIpc) is 3.91. The van der Waals surface area contributed by atoms with E-state index in [1.807, 2.05) is 30.4 Å². The quantitative estimate of drug-likeness (QED) is 0.280. The predicted molar refractivity (Wildman–Crippen MR) is 190 cm³/mol. The smallest absolute Gasteiger partial charge is 0.274 e. The standard InChI is InChI=1S/C36H42FN5O7S2/c1-35(15-16-35)51(46,47)41-33(45)36-20-22(36)9-6-4-3-5-7-12-28(38-24-10-8-11-25(18-24)48-2)32(44)42-21-26(19-29(42)31(43)40-36)49-34-39-27-14-13-23(37)17-30(27)50-34/h6,8-11,13-14,17-18,22,26,28-29,38H,3-5,7,12,15-16,19-21H2,1-2H3,(H,40,43)(H,41,45)/t22-,26-,28+,29+,36-/m1/s1. The highest BCUT2D eigenvalue weighted by Crippen LogP contribution is 2.47. The number of halogens is 1. The van der Waals surface area contributed by atoms with Gasteiger partial charge in [-0.1, -0.05) is 42.4 Å². The van der Waals surface area contributed by atoms with Gasteiger partial charge in [-0.2, -0.15) is 0 Å². The largest absolute Gasteiger partial charge is 0.497 e. The fourth-order valence-electron chi connectivity index (χ4n) is 6.93. The number of carbonyl (C=O) groups excluding carboxylic acids is 3. The molecule has 0 radical (unpaired) electrons. The van der Waals surface area contributed by atoms with Crippen LogP contribution in [0.1, 0.15) is 64.7 Å². The summed E-state index contributed by atoms with van der Waals surface area (Å²) in [7, 11) is -2.39. The van der Waals surface area contributed by atoms with E-state index in [4.69, 9.17) is 9.47 Å². The van der Waals surface area contributed by atoms with Gasteiger partial charge >= 0.3 is 0 Å². The van der Waals surface area contributed by atoms with Gasteiger partial charge < -0.3 is 25.0 Å². The van der Waals surface area contributed by atoms with Crippen LogP contribution in [0.15, 0.2) is 54.6 Å². The highest BCUT2D eigenvalue weighted by molar-refractivity contribution is 7.91. The van der Waals surface area contributed by atoms with Crippen molar-refractivity contribution in [1.29, 1.82) is 0 Å². The molecule has 5 atom stereocenters. The first kappa shape index (κ1) is 35.2. The first-order valence-electron chi connectivity index (χ1n) is 17.4. The van der Waals surface area contributed by atoms with Gasteiger partial charge in [0.25, 0.3) is 11.1 Å². The fourth-order valence-corrected chi connectivity index (χ4v) is 9.15. The fraction of sp³-hybridized carbons (Fsp3) is 0.500. The van der Waals surface area contributed by atoms with Crippen LogP contribution in [0.4, 0.5) is 10.1 Å². The molecule has 12 nitrogen and oxygen atoms in total. The monoisotopic (exact) mass is 739 g/mol.